The summed E-state index contributed by atoms with van der Waals surface area (Å²) in [5.41, 5.74) is 0.934. The highest BCUT2D eigenvalue weighted by molar-refractivity contribution is 7.86. The Kier molecular flexibility index (Phi) is 5.10. The Balaban J connectivity index is 2.09. The molecule has 0 radical (unpaired) electrons. The normalized spacial score (nSPS) is 23.7. The molecule has 0 amide bonds. The molecular formula is C15H20O7S. The maximum absolute atomic E-state index is 12.2. The van der Waals surface area contributed by atoms with Gasteiger partial charge in [0.05, 0.1) is 18.6 Å². The first kappa shape index (κ1) is 17.9. The lowest BCUT2D eigenvalue weighted by Gasteiger charge is -2.16. The van der Waals surface area contributed by atoms with Gasteiger partial charge in [-0.2, -0.15) is 8.42 Å². The van der Waals surface area contributed by atoms with E-state index in [9.17, 15) is 13.2 Å². The molecule has 2 rings (SSSR count). The fourth-order valence-corrected chi connectivity index (χ4v) is 3.12. The van der Waals surface area contributed by atoms with E-state index in [4.69, 9.17) is 13.7 Å². The van der Waals surface area contributed by atoms with Crippen molar-refractivity contribution in [3.63, 3.8) is 0 Å². The van der Waals surface area contributed by atoms with Crippen molar-refractivity contribution in [1.82, 2.24) is 0 Å². The van der Waals surface area contributed by atoms with Crippen LogP contribution >= 0.6 is 0 Å². The maximum Gasteiger partial charge on any atom is 0.337 e. The van der Waals surface area contributed by atoms with E-state index < -0.39 is 34.1 Å². The monoisotopic (exact) mass is 344 g/mol. The average molecular weight is 344 g/mol. The molecule has 1 fully saturated rings. The highest BCUT2D eigenvalue weighted by Gasteiger charge is 2.46. The minimum atomic E-state index is -3.95. The third-order valence-corrected chi connectivity index (χ3v) is 4.61. The minimum Gasteiger partial charge on any atom is -0.467 e. The zero-order chi connectivity index (χ0) is 17.3. The number of esters is 1. The molecule has 1 aliphatic heterocycles. The second-order valence-corrected chi connectivity index (χ2v) is 7.28. The smallest absolute Gasteiger partial charge is 0.337 e. The van der Waals surface area contributed by atoms with Gasteiger partial charge < -0.3 is 14.2 Å². The standard InChI is InChI=1S/C15H20O7S/c1-10-5-7-11(8-6-10)23(17,18)20-9-12-13(14(16)19-4)22-15(2,3)21-12/h5-8,12-13H,9H2,1-4H3/t12-,13+/m0/s1. The van der Waals surface area contributed by atoms with Crippen molar-refractivity contribution in [1.29, 1.82) is 0 Å². The molecule has 1 aromatic carbocycles. The molecule has 0 N–H and O–H groups in total. The van der Waals surface area contributed by atoms with Crippen molar-refractivity contribution in [2.75, 3.05) is 13.7 Å². The van der Waals surface area contributed by atoms with E-state index >= 15 is 0 Å². The van der Waals surface area contributed by atoms with Crippen molar-refractivity contribution >= 4 is 16.1 Å². The summed E-state index contributed by atoms with van der Waals surface area (Å²) in [4.78, 5) is 11.7. The van der Waals surface area contributed by atoms with Crippen LogP contribution in [0.25, 0.3) is 0 Å². The molecular weight excluding hydrogens is 324 g/mol. The minimum absolute atomic E-state index is 0.0379. The van der Waals surface area contributed by atoms with Crippen LogP contribution < -0.4 is 0 Å². The number of carbonyl (C=O) groups is 1. The van der Waals surface area contributed by atoms with Crippen LogP contribution in [0, 0.1) is 6.92 Å². The fourth-order valence-electron chi connectivity index (χ4n) is 2.20. The van der Waals surface area contributed by atoms with Gasteiger partial charge in [0, 0.05) is 0 Å². The molecule has 1 heterocycles. The lowest BCUT2D eigenvalue weighted by Crippen LogP contribution is -2.36. The van der Waals surface area contributed by atoms with Gasteiger partial charge in [-0.05, 0) is 32.9 Å². The largest absolute Gasteiger partial charge is 0.467 e. The third kappa shape index (κ3) is 4.29. The number of hydrogen-bond acceptors (Lipinski definition) is 7. The highest BCUT2D eigenvalue weighted by atomic mass is 32.2. The first-order valence-corrected chi connectivity index (χ1v) is 8.45. The first-order chi connectivity index (χ1) is 10.6. The summed E-state index contributed by atoms with van der Waals surface area (Å²) >= 11 is 0. The van der Waals surface area contributed by atoms with Gasteiger partial charge in [0.15, 0.2) is 11.9 Å². The van der Waals surface area contributed by atoms with Crippen molar-refractivity contribution in [3.05, 3.63) is 29.8 Å². The molecule has 0 bridgehead atoms. The van der Waals surface area contributed by atoms with Crippen LogP contribution in [-0.4, -0.2) is 46.1 Å². The molecule has 23 heavy (non-hydrogen) atoms. The van der Waals surface area contributed by atoms with Crippen LogP contribution in [0.2, 0.25) is 0 Å². The summed E-state index contributed by atoms with van der Waals surface area (Å²) in [6.45, 7) is 4.75. The van der Waals surface area contributed by atoms with Gasteiger partial charge in [0.2, 0.25) is 0 Å². The lowest BCUT2D eigenvalue weighted by molar-refractivity contribution is -0.168. The Bertz CT molecular complexity index is 664. The number of ether oxygens (including phenoxy) is 3. The van der Waals surface area contributed by atoms with Crippen LogP contribution in [0.3, 0.4) is 0 Å². The summed E-state index contributed by atoms with van der Waals surface area (Å²) in [5.74, 6) is -1.67. The summed E-state index contributed by atoms with van der Waals surface area (Å²) < 4.78 is 45.0. The fraction of sp³-hybridized carbons (Fsp3) is 0.533. The van der Waals surface area contributed by atoms with E-state index in [1.165, 1.54) is 19.2 Å². The average Bonchev–Trinajstić information content (AvgIpc) is 2.80. The number of benzene rings is 1. The SMILES string of the molecule is COC(=O)[C@@H]1OC(C)(C)O[C@H]1COS(=O)(=O)c1ccc(C)cc1. The van der Waals surface area contributed by atoms with Gasteiger partial charge in [-0.15, -0.1) is 0 Å². The Morgan fingerprint density at radius 2 is 1.83 bits per heavy atom. The van der Waals surface area contributed by atoms with Gasteiger partial charge in [-0.1, -0.05) is 17.7 Å². The van der Waals surface area contributed by atoms with Gasteiger partial charge >= 0.3 is 5.97 Å². The molecule has 1 saturated heterocycles. The van der Waals surface area contributed by atoms with Crippen molar-refractivity contribution < 1.29 is 31.6 Å². The van der Waals surface area contributed by atoms with Crippen molar-refractivity contribution in [3.8, 4) is 0 Å². The van der Waals surface area contributed by atoms with Crippen LogP contribution in [-0.2, 0) is 33.3 Å². The summed E-state index contributed by atoms with van der Waals surface area (Å²) in [6.07, 6.45) is -1.92. The van der Waals surface area contributed by atoms with Crippen molar-refractivity contribution in [2.45, 2.75) is 43.7 Å². The van der Waals surface area contributed by atoms with E-state index in [0.717, 1.165) is 5.56 Å². The molecule has 1 aromatic rings. The van der Waals surface area contributed by atoms with Crippen LogP contribution in [0.15, 0.2) is 29.2 Å². The predicted molar refractivity (Wildman–Crippen MR) is 80.2 cm³/mol. The van der Waals surface area contributed by atoms with Gasteiger partial charge in [0.25, 0.3) is 10.1 Å². The van der Waals surface area contributed by atoms with E-state index in [-0.39, 0.29) is 11.5 Å². The van der Waals surface area contributed by atoms with Crippen LogP contribution in [0.5, 0.6) is 0 Å². The number of rotatable bonds is 5. The zero-order valence-corrected chi connectivity index (χ0v) is 14.3. The van der Waals surface area contributed by atoms with E-state index in [1.54, 1.807) is 26.0 Å². The molecule has 7 nitrogen and oxygen atoms in total. The number of carbonyl (C=O) groups excluding carboxylic acids is 1. The van der Waals surface area contributed by atoms with E-state index in [0.29, 0.717) is 0 Å². The van der Waals surface area contributed by atoms with Crippen LogP contribution in [0.1, 0.15) is 19.4 Å². The zero-order valence-electron chi connectivity index (χ0n) is 13.4. The Morgan fingerprint density at radius 1 is 1.22 bits per heavy atom. The Hall–Kier alpha value is -1.48. The molecule has 1 aliphatic rings. The van der Waals surface area contributed by atoms with Gasteiger partial charge in [-0.3, -0.25) is 4.18 Å². The second-order valence-electron chi connectivity index (χ2n) is 5.67. The molecule has 0 unspecified atom stereocenters. The first-order valence-electron chi connectivity index (χ1n) is 7.04. The Morgan fingerprint density at radius 3 is 2.39 bits per heavy atom. The number of methoxy groups -OCH3 is 1. The topological polar surface area (TPSA) is 88.1 Å². The van der Waals surface area contributed by atoms with E-state index in [1.807, 2.05) is 6.92 Å². The predicted octanol–water partition coefficient (Wildman–Crippen LogP) is 1.39. The van der Waals surface area contributed by atoms with Crippen molar-refractivity contribution in [2.24, 2.45) is 0 Å². The van der Waals surface area contributed by atoms with E-state index in [2.05, 4.69) is 4.74 Å². The maximum atomic E-state index is 12.2. The highest BCUT2D eigenvalue weighted by Crippen LogP contribution is 2.29. The summed E-state index contributed by atoms with van der Waals surface area (Å²) in [5, 5.41) is 0. The molecule has 0 saturated carbocycles. The molecule has 8 heteroatoms. The quantitative estimate of drug-likeness (QED) is 0.589. The molecule has 0 aliphatic carbocycles. The molecule has 0 aromatic heterocycles. The Labute approximate surface area is 135 Å². The third-order valence-electron chi connectivity index (χ3n) is 3.31. The van der Waals surface area contributed by atoms with Gasteiger partial charge in [0.1, 0.15) is 6.10 Å². The summed E-state index contributed by atoms with van der Waals surface area (Å²) in [7, 11) is -2.73. The lowest BCUT2D eigenvalue weighted by atomic mass is 10.2. The molecule has 0 spiro atoms. The number of aryl methyl sites for hydroxylation is 1. The molecule has 128 valence electrons. The molecule has 2 atom stereocenters. The van der Waals surface area contributed by atoms with Gasteiger partial charge in [-0.25, -0.2) is 4.79 Å². The summed E-state index contributed by atoms with van der Waals surface area (Å²) in [6, 6.07) is 6.26. The second kappa shape index (κ2) is 6.56. The van der Waals surface area contributed by atoms with Crippen LogP contribution in [0.4, 0.5) is 0 Å². The number of hydrogen-bond donors (Lipinski definition) is 0.